The summed E-state index contributed by atoms with van der Waals surface area (Å²) in [7, 11) is 0. The number of nitro groups is 1. The maximum absolute atomic E-state index is 12.9. The first-order valence-corrected chi connectivity index (χ1v) is 10.2. The van der Waals surface area contributed by atoms with Crippen molar-refractivity contribution in [2.75, 3.05) is 13.1 Å². The van der Waals surface area contributed by atoms with Gasteiger partial charge >= 0.3 is 0 Å². The van der Waals surface area contributed by atoms with E-state index in [4.69, 9.17) is 4.74 Å². The molecule has 8 heteroatoms. The van der Waals surface area contributed by atoms with Gasteiger partial charge in [0.1, 0.15) is 11.9 Å². The van der Waals surface area contributed by atoms with Gasteiger partial charge in [0, 0.05) is 44.3 Å². The van der Waals surface area contributed by atoms with Crippen molar-refractivity contribution in [3.8, 4) is 11.4 Å². The number of hydrogen-bond donors (Lipinski definition) is 0. The lowest BCUT2D eigenvalue weighted by Gasteiger charge is -2.32. The Bertz CT molecular complexity index is 1100. The van der Waals surface area contributed by atoms with E-state index >= 15 is 0 Å². The molecule has 0 atom stereocenters. The van der Waals surface area contributed by atoms with Gasteiger partial charge in [-0.05, 0) is 49.2 Å². The first-order chi connectivity index (χ1) is 14.9. The van der Waals surface area contributed by atoms with Crippen LogP contribution in [0.2, 0.25) is 0 Å². The molecule has 31 heavy (non-hydrogen) atoms. The Kier molecular flexibility index (Phi) is 5.70. The van der Waals surface area contributed by atoms with Crippen molar-refractivity contribution < 1.29 is 14.5 Å². The van der Waals surface area contributed by atoms with Gasteiger partial charge in [0.05, 0.1) is 10.6 Å². The summed E-state index contributed by atoms with van der Waals surface area (Å²) in [4.78, 5) is 25.0. The number of nitro benzene ring substituents is 1. The van der Waals surface area contributed by atoms with Crippen LogP contribution < -0.4 is 4.74 Å². The van der Waals surface area contributed by atoms with Crippen LogP contribution in [-0.4, -0.2) is 44.7 Å². The Hall–Kier alpha value is -3.68. The fourth-order valence-electron chi connectivity index (χ4n) is 3.66. The Morgan fingerprint density at radius 3 is 2.48 bits per heavy atom. The number of amides is 1. The predicted octanol–water partition coefficient (Wildman–Crippen LogP) is 4.08. The molecule has 2 heterocycles. The first-order valence-electron chi connectivity index (χ1n) is 10.2. The zero-order valence-corrected chi connectivity index (χ0v) is 17.5. The number of carbonyl (C=O) groups is 1. The number of benzene rings is 2. The molecule has 1 aromatic heterocycles. The molecule has 0 saturated carbocycles. The molecule has 4 rings (SSSR count). The molecule has 3 aromatic rings. The zero-order chi connectivity index (χ0) is 22.0. The molecule has 2 aromatic carbocycles. The summed E-state index contributed by atoms with van der Waals surface area (Å²) in [5.41, 5.74) is 3.30. The molecule has 0 N–H and O–H groups in total. The Labute approximate surface area is 180 Å². The van der Waals surface area contributed by atoms with Crippen LogP contribution in [0, 0.1) is 24.0 Å². The molecule has 0 bridgehead atoms. The summed E-state index contributed by atoms with van der Waals surface area (Å²) < 4.78 is 7.73. The lowest BCUT2D eigenvalue weighted by Crippen LogP contribution is -2.42. The fourth-order valence-corrected chi connectivity index (χ4v) is 3.66. The third kappa shape index (κ3) is 4.58. The number of nitrogens with zero attached hydrogens (tertiary/aromatic N) is 4. The van der Waals surface area contributed by atoms with E-state index in [1.165, 1.54) is 12.1 Å². The number of ether oxygens (including phenoxy) is 1. The van der Waals surface area contributed by atoms with E-state index in [0.29, 0.717) is 24.5 Å². The molecule has 1 saturated heterocycles. The fraction of sp³-hybridized carbons (Fsp3) is 0.304. The van der Waals surface area contributed by atoms with E-state index in [0.717, 1.165) is 29.7 Å². The number of piperidine rings is 1. The molecular formula is C23H24N4O4. The van der Waals surface area contributed by atoms with Crippen molar-refractivity contribution in [3.63, 3.8) is 0 Å². The predicted molar refractivity (Wildman–Crippen MR) is 116 cm³/mol. The molecule has 0 aliphatic carbocycles. The van der Waals surface area contributed by atoms with Gasteiger partial charge in [-0.15, -0.1) is 0 Å². The Balaban J connectivity index is 1.37. The molecule has 1 aliphatic rings. The SMILES string of the molecule is Cc1ccc(C)c(OC2CCN(C(=O)c3ccn(-c4ccc([N+](=O)[O-])cc4)n3)CC2)c1. The number of non-ortho nitro benzene ring substituents is 1. The third-order valence-electron chi connectivity index (χ3n) is 5.50. The van der Waals surface area contributed by atoms with Crippen LogP contribution in [0.4, 0.5) is 5.69 Å². The maximum atomic E-state index is 12.9. The maximum Gasteiger partial charge on any atom is 0.274 e. The molecular weight excluding hydrogens is 396 g/mol. The summed E-state index contributed by atoms with van der Waals surface area (Å²) in [6.45, 7) is 5.30. The summed E-state index contributed by atoms with van der Waals surface area (Å²) >= 11 is 0. The summed E-state index contributed by atoms with van der Waals surface area (Å²) in [6, 6.07) is 13.9. The lowest BCUT2D eigenvalue weighted by atomic mass is 10.1. The van der Waals surface area contributed by atoms with Crippen molar-refractivity contribution in [3.05, 3.63) is 81.7 Å². The number of rotatable bonds is 5. The quantitative estimate of drug-likeness (QED) is 0.458. The van der Waals surface area contributed by atoms with Crippen LogP contribution in [0.5, 0.6) is 5.75 Å². The van der Waals surface area contributed by atoms with E-state index in [-0.39, 0.29) is 17.7 Å². The van der Waals surface area contributed by atoms with E-state index in [9.17, 15) is 14.9 Å². The molecule has 1 amide bonds. The average Bonchev–Trinajstić information content (AvgIpc) is 3.27. The highest BCUT2D eigenvalue weighted by molar-refractivity contribution is 5.92. The van der Waals surface area contributed by atoms with Crippen molar-refractivity contribution in [2.24, 2.45) is 0 Å². The van der Waals surface area contributed by atoms with E-state index in [2.05, 4.69) is 23.3 Å². The van der Waals surface area contributed by atoms with Gasteiger partial charge in [-0.2, -0.15) is 5.10 Å². The lowest BCUT2D eigenvalue weighted by molar-refractivity contribution is -0.384. The number of hydrogen-bond acceptors (Lipinski definition) is 5. The van der Waals surface area contributed by atoms with Crippen LogP contribution in [0.1, 0.15) is 34.5 Å². The van der Waals surface area contributed by atoms with Crippen LogP contribution in [0.3, 0.4) is 0 Å². The van der Waals surface area contributed by atoms with Crippen LogP contribution >= 0.6 is 0 Å². The monoisotopic (exact) mass is 420 g/mol. The second-order valence-corrected chi connectivity index (χ2v) is 7.80. The largest absolute Gasteiger partial charge is 0.490 e. The normalized spacial score (nSPS) is 14.5. The second-order valence-electron chi connectivity index (χ2n) is 7.80. The van der Waals surface area contributed by atoms with Gasteiger partial charge in [0.2, 0.25) is 0 Å². The molecule has 1 fully saturated rings. The topological polar surface area (TPSA) is 90.5 Å². The smallest absolute Gasteiger partial charge is 0.274 e. The summed E-state index contributed by atoms with van der Waals surface area (Å²) in [5.74, 6) is 0.789. The highest BCUT2D eigenvalue weighted by atomic mass is 16.6. The van der Waals surface area contributed by atoms with E-state index < -0.39 is 4.92 Å². The van der Waals surface area contributed by atoms with Crippen LogP contribution in [-0.2, 0) is 0 Å². The minimum atomic E-state index is -0.449. The van der Waals surface area contributed by atoms with Gasteiger partial charge in [-0.25, -0.2) is 4.68 Å². The molecule has 160 valence electrons. The number of carbonyl (C=O) groups excluding carboxylic acids is 1. The minimum Gasteiger partial charge on any atom is -0.490 e. The zero-order valence-electron chi connectivity index (χ0n) is 17.5. The van der Waals surface area contributed by atoms with Gasteiger partial charge in [0.25, 0.3) is 11.6 Å². The van der Waals surface area contributed by atoms with Crippen LogP contribution in [0.15, 0.2) is 54.7 Å². The second kappa shape index (κ2) is 8.59. The van der Waals surface area contributed by atoms with Gasteiger partial charge in [0.15, 0.2) is 5.69 Å². The van der Waals surface area contributed by atoms with Gasteiger partial charge in [-0.3, -0.25) is 14.9 Å². The van der Waals surface area contributed by atoms with E-state index in [1.54, 1.807) is 34.0 Å². The first kappa shape index (κ1) is 20.6. The third-order valence-corrected chi connectivity index (χ3v) is 5.50. The number of aryl methyl sites for hydroxylation is 2. The number of aromatic nitrogens is 2. The average molecular weight is 420 g/mol. The van der Waals surface area contributed by atoms with Crippen molar-refractivity contribution in [1.82, 2.24) is 14.7 Å². The summed E-state index contributed by atoms with van der Waals surface area (Å²) in [6.07, 6.45) is 3.30. The highest BCUT2D eigenvalue weighted by Gasteiger charge is 2.26. The summed E-state index contributed by atoms with van der Waals surface area (Å²) in [5, 5.41) is 15.2. The molecule has 0 unspecified atom stereocenters. The van der Waals surface area contributed by atoms with E-state index in [1.807, 2.05) is 13.8 Å². The minimum absolute atomic E-state index is 0.0122. The highest BCUT2D eigenvalue weighted by Crippen LogP contribution is 2.24. The van der Waals surface area contributed by atoms with Crippen molar-refractivity contribution in [1.29, 1.82) is 0 Å². The van der Waals surface area contributed by atoms with Crippen LogP contribution in [0.25, 0.3) is 5.69 Å². The standard InChI is InChI=1S/C23H24N4O4/c1-16-3-4-17(2)22(15-16)31-20-9-12-25(13-10-20)23(28)21-11-14-26(24-21)18-5-7-19(8-6-18)27(29)30/h3-8,11,14-15,20H,9-10,12-13H2,1-2H3. The number of likely N-dealkylation sites (tertiary alicyclic amines) is 1. The Morgan fingerprint density at radius 2 is 1.81 bits per heavy atom. The van der Waals surface area contributed by atoms with Gasteiger partial charge < -0.3 is 9.64 Å². The van der Waals surface area contributed by atoms with Crippen molar-refractivity contribution >= 4 is 11.6 Å². The molecule has 0 spiro atoms. The molecule has 1 aliphatic heterocycles. The Morgan fingerprint density at radius 1 is 1.10 bits per heavy atom. The van der Waals surface area contributed by atoms with Crippen molar-refractivity contribution in [2.45, 2.75) is 32.8 Å². The molecule has 8 nitrogen and oxygen atoms in total. The van der Waals surface area contributed by atoms with Gasteiger partial charge in [-0.1, -0.05) is 12.1 Å². The molecule has 0 radical (unpaired) electrons.